The predicted octanol–water partition coefficient (Wildman–Crippen LogP) is 3.37. The largest absolute Gasteiger partial charge is 0.495 e. The third kappa shape index (κ3) is 3.72. The molecule has 0 saturated carbocycles. The van der Waals surface area contributed by atoms with Crippen LogP contribution in [-0.2, 0) is 4.79 Å². The molecule has 6 nitrogen and oxygen atoms in total. The number of carbonyl (C=O) groups is 2. The van der Waals surface area contributed by atoms with Crippen LogP contribution in [0.1, 0.15) is 0 Å². The van der Waals surface area contributed by atoms with E-state index in [0.29, 0.717) is 29.5 Å². The molecule has 8 heteroatoms. The maximum absolute atomic E-state index is 13.9. The summed E-state index contributed by atoms with van der Waals surface area (Å²) in [7, 11) is 1.50. The number of ether oxygens (including phenoxy) is 1. The lowest BCUT2D eigenvalue weighted by Gasteiger charge is -2.19. The Kier molecular flexibility index (Phi) is 5.27. The molecule has 0 atom stereocenters. The third-order valence-electron chi connectivity index (χ3n) is 4.01. The van der Waals surface area contributed by atoms with Gasteiger partial charge < -0.3 is 15.0 Å². The second-order valence-corrected chi connectivity index (χ2v) is 6.11. The Morgan fingerprint density at radius 1 is 1.27 bits per heavy atom. The summed E-state index contributed by atoms with van der Waals surface area (Å²) in [6.45, 7) is 0.527. The summed E-state index contributed by atoms with van der Waals surface area (Å²) < 4.78 is 18.9. The van der Waals surface area contributed by atoms with Crippen molar-refractivity contribution < 1.29 is 18.7 Å². The molecule has 0 spiro atoms. The first-order valence-electron chi connectivity index (χ1n) is 7.94. The zero-order valence-electron chi connectivity index (χ0n) is 14.0. The molecule has 136 valence electrons. The van der Waals surface area contributed by atoms with Gasteiger partial charge in [-0.05, 0) is 30.3 Å². The van der Waals surface area contributed by atoms with Gasteiger partial charge in [0.25, 0.3) is 0 Å². The van der Waals surface area contributed by atoms with Gasteiger partial charge in [0.2, 0.25) is 5.91 Å². The van der Waals surface area contributed by atoms with Gasteiger partial charge in [0.1, 0.15) is 18.1 Å². The Morgan fingerprint density at radius 2 is 2.04 bits per heavy atom. The number of halogens is 2. The lowest BCUT2D eigenvalue weighted by atomic mass is 10.3. The molecule has 1 fully saturated rings. The van der Waals surface area contributed by atoms with Gasteiger partial charge in [0, 0.05) is 18.8 Å². The van der Waals surface area contributed by atoms with E-state index in [0.717, 1.165) is 0 Å². The van der Waals surface area contributed by atoms with E-state index in [-0.39, 0.29) is 18.1 Å². The fourth-order valence-electron chi connectivity index (χ4n) is 2.74. The molecule has 2 aromatic rings. The van der Waals surface area contributed by atoms with Gasteiger partial charge in [-0.3, -0.25) is 9.69 Å². The Hall–Kier alpha value is -2.80. The molecule has 1 N–H and O–H groups in total. The van der Waals surface area contributed by atoms with E-state index in [4.69, 9.17) is 16.3 Å². The minimum atomic E-state index is -0.472. The van der Waals surface area contributed by atoms with Crippen LogP contribution in [0, 0.1) is 5.82 Å². The number of nitrogens with zero attached hydrogens (tertiary/aromatic N) is 2. The molecule has 0 bridgehead atoms. The Balaban J connectivity index is 1.63. The van der Waals surface area contributed by atoms with E-state index < -0.39 is 11.8 Å². The summed E-state index contributed by atoms with van der Waals surface area (Å²) in [5.41, 5.74) is 0.709. The number of amides is 3. The van der Waals surface area contributed by atoms with Crippen molar-refractivity contribution in [2.24, 2.45) is 0 Å². The summed E-state index contributed by atoms with van der Waals surface area (Å²) in [4.78, 5) is 27.4. The molecule has 1 aliphatic heterocycles. The molecule has 26 heavy (non-hydrogen) atoms. The van der Waals surface area contributed by atoms with E-state index >= 15 is 0 Å². The average molecular weight is 378 g/mol. The second kappa shape index (κ2) is 7.61. The quantitative estimate of drug-likeness (QED) is 0.869. The maximum Gasteiger partial charge on any atom is 0.325 e. The van der Waals surface area contributed by atoms with Crippen molar-refractivity contribution in [3.63, 3.8) is 0 Å². The number of hydrogen-bond acceptors (Lipinski definition) is 3. The minimum Gasteiger partial charge on any atom is -0.495 e. The molecule has 1 heterocycles. The average Bonchev–Trinajstić information content (AvgIpc) is 2.96. The van der Waals surface area contributed by atoms with Gasteiger partial charge in [-0.15, -0.1) is 0 Å². The first kappa shape index (κ1) is 18.0. The van der Waals surface area contributed by atoms with Gasteiger partial charge in [-0.2, -0.15) is 0 Å². The van der Waals surface area contributed by atoms with Crippen LogP contribution in [0.15, 0.2) is 42.5 Å². The highest BCUT2D eigenvalue weighted by Crippen LogP contribution is 2.27. The van der Waals surface area contributed by atoms with Gasteiger partial charge in [-0.25, -0.2) is 9.18 Å². The molecular formula is C18H17ClFN3O3. The number of benzene rings is 2. The van der Waals surface area contributed by atoms with Crippen molar-refractivity contribution in [2.45, 2.75) is 0 Å². The normalized spacial score (nSPS) is 13.9. The van der Waals surface area contributed by atoms with Crippen LogP contribution in [0.2, 0.25) is 5.02 Å². The van der Waals surface area contributed by atoms with E-state index in [2.05, 4.69) is 5.32 Å². The number of hydrogen-bond donors (Lipinski definition) is 1. The maximum atomic E-state index is 13.9. The van der Waals surface area contributed by atoms with Gasteiger partial charge in [-0.1, -0.05) is 23.7 Å². The van der Waals surface area contributed by atoms with E-state index in [1.807, 2.05) is 0 Å². The highest BCUT2D eigenvalue weighted by atomic mass is 35.5. The summed E-state index contributed by atoms with van der Waals surface area (Å²) in [6.07, 6.45) is 0. The number of urea groups is 1. The topological polar surface area (TPSA) is 61.9 Å². The Bertz CT molecular complexity index is 846. The first-order valence-corrected chi connectivity index (χ1v) is 8.31. The van der Waals surface area contributed by atoms with Crippen LogP contribution in [0.3, 0.4) is 0 Å². The first-order chi connectivity index (χ1) is 12.5. The van der Waals surface area contributed by atoms with Crippen molar-refractivity contribution >= 4 is 34.9 Å². The van der Waals surface area contributed by atoms with E-state index in [1.165, 1.54) is 29.0 Å². The molecule has 1 aliphatic rings. The van der Waals surface area contributed by atoms with Gasteiger partial charge in [0.15, 0.2) is 0 Å². The van der Waals surface area contributed by atoms with Crippen molar-refractivity contribution in [1.29, 1.82) is 0 Å². The molecule has 1 saturated heterocycles. The number of rotatable bonds is 5. The molecule has 3 amide bonds. The van der Waals surface area contributed by atoms with Crippen LogP contribution in [0.25, 0.3) is 0 Å². The molecule has 0 aliphatic carbocycles. The highest BCUT2D eigenvalue weighted by molar-refractivity contribution is 6.32. The van der Waals surface area contributed by atoms with Crippen LogP contribution >= 0.6 is 11.6 Å². The Morgan fingerprint density at radius 3 is 2.73 bits per heavy atom. The van der Waals surface area contributed by atoms with Crippen LogP contribution < -0.4 is 15.0 Å². The number of nitrogens with one attached hydrogen (secondary N) is 1. The zero-order chi connectivity index (χ0) is 18.7. The van der Waals surface area contributed by atoms with E-state index in [1.54, 1.807) is 30.3 Å². The fraction of sp³-hybridized carbons (Fsp3) is 0.222. The lowest BCUT2D eigenvalue weighted by molar-refractivity contribution is -0.116. The summed E-state index contributed by atoms with van der Waals surface area (Å²) in [6, 6.07) is 10.5. The number of carbonyl (C=O) groups excluding carboxylic acids is 2. The third-order valence-corrected chi connectivity index (χ3v) is 4.30. The lowest BCUT2D eigenvalue weighted by Crippen LogP contribution is -2.37. The highest BCUT2D eigenvalue weighted by Gasteiger charge is 2.32. The van der Waals surface area contributed by atoms with Gasteiger partial charge >= 0.3 is 6.03 Å². The minimum absolute atomic E-state index is 0.132. The van der Waals surface area contributed by atoms with Crippen LogP contribution in [0.4, 0.5) is 20.6 Å². The zero-order valence-corrected chi connectivity index (χ0v) is 14.8. The molecule has 2 aromatic carbocycles. The fourth-order valence-corrected chi connectivity index (χ4v) is 3.00. The SMILES string of the molecule is COc1ccc(NC(=O)CN2CCN(c3ccccc3F)C2=O)cc1Cl. The van der Waals surface area contributed by atoms with Crippen LogP contribution in [0.5, 0.6) is 5.75 Å². The number of anilines is 2. The smallest absolute Gasteiger partial charge is 0.325 e. The van der Waals surface area contributed by atoms with Crippen molar-refractivity contribution in [2.75, 3.05) is 37.0 Å². The van der Waals surface area contributed by atoms with E-state index in [9.17, 15) is 14.0 Å². The summed E-state index contributed by atoms with van der Waals surface area (Å²) >= 11 is 6.03. The molecular weight excluding hydrogens is 361 g/mol. The van der Waals surface area contributed by atoms with Gasteiger partial charge in [0.05, 0.1) is 17.8 Å². The second-order valence-electron chi connectivity index (χ2n) is 5.70. The standard InChI is InChI=1S/C18H17ClFN3O3/c1-26-16-7-6-12(10-13(16)19)21-17(24)11-22-8-9-23(18(22)25)15-5-3-2-4-14(15)20/h2-7,10H,8-9,11H2,1H3,(H,21,24). The summed E-state index contributed by atoms with van der Waals surface area (Å²) in [5, 5.41) is 3.05. The Labute approximate surface area is 155 Å². The monoisotopic (exact) mass is 377 g/mol. The molecule has 0 aromatic heterocycles. The number of para-hydroxylation sites is 1. The predicted molar refractivity (Wildman–Crippen MR) is 97.3 cm³/mol. The molecule has 0 unspecified atom stereocenters. The number of methoxy groups -OCH3 is 1. The van der Waals surface area contributed by atoms with Crippen molar-refractivity contribution in [3.8, 4) is 5.75 Å². The molecule has 0 radical (unpaired) electrons. The van der Waals surface area contributed by atoms with Crippen molar-refractivity contribution in [1.82, 2.24) is 4.90 Å². The summed E-state index contributed by atoms with van der Waals surface area (Å²) in [5.74, 6) is -0.338. The van der Waals surface area contributed by atoms with Crippen molar-refractivity contribution in [3.05, 3.63) is 53.3 Å². The van der Waals surface area contributed by atoms with Crippen LogP contribution in [-0.4, -0.2) is 43.6 Å². The molecule has 3 rings (SSSR count).